The number of aliphatic hydroxyl groups is 1. The largest absolute Gasteiger partial charge is 0.380 e. The zero-order chi connectivity index (χ0) is 20.0. The predicted octanol–water partition coefficient (Wildman–Crippen LogP) is 3.79. The first kappa shape index (κ1) is 19.0. The van der Waals surface area contributed by atoms with Gasteiger partial charge in [0.15, 0.2) is 5.78 Å². The molecule has 4 nitrogen and oxygen atoms in total. The van der Waals surface area contributed by atoms with Gasteiger partial charge in [-0.2, -0.15) is 0 Å². The smallest absolute Gasteiger partial charge is 0.252 e. The van der Waals surface area contributed by atoms with Gasteiger partial charge >= 0.3 is 0 Å². The number of carbonyl (C=O) groups excluding carboxylic acids is 2. The van der Waals surface area contributed by atoms with Gasteiger partial charge in [-0.3, -0.25) is 9.59 Å². The van der Waals surface area contributed by atoms with Gasteiger partial charge in [-0.15, -0.1) is 0 Å². The molecule has 0 spiro atoms. The molecule has 0 bridgehead atoms. The zero-order valence-electron chi connectivity index (χ0n) is 17.0. The Balaban J connectivity index is 1.29. The Morgan fingerprint density at radius 2 is 1.83 bits per heavy atom. The molecule has 1 aromatic carbocycles. The van der Waals surface area contributed by atoms with E-state index in [1.54, 1.807) is 0 Å². The summed E-state index contributed by atoms with van der Waals surface area (Å²) in [6.45, 7) is 0.468. The molecule has 0 aliphatic heterocycles. The van der Waals surface area contributed by atoms with Crippen molar-refractivity contribution in [3.63, 3.8) is 0 Å². The third-order valence-corrected chi connectivity index (χ3v) is 8.40. The highest BCUT2D eigenvalue weighted by molar-refractivity contribution is 5.91. The molecule has 0 heterocycles. The maximum Gasteiger partial charge on any atom is 0.252 e. The number of allylic oxidation sites excluding steroid dienone is 1. The summed E-state index contributed by atoms with van der Waals surface area (Å²) in [5.74, 6) is 2.43. The Labute approximate surface area is 172 Å². The molecule has 6 atom stereocenters. The Bertz CT molecular complexity index is 832. The van der Waals surface area contributed by atoms with Crippen LogP contribution in [0.15, 0.2) is 42.0 Å². The normalized spacial score (nSPS) is 38.4. The van der Waals surface area contributed by atoms with Gasteiger partial charge < -0.3 is 10.4 Å². The number of ketones is 1. The van der Waals surface area contributed by atoms with Crippen molar-refractivity contribution in [1.82, 2.24) is 5.32 Å². The standard InChI is InChI=1S/C25H31NO3/c27-18-7-9-19-17(14-18)6-8-21-20(19)10-11-23-22(21)12-13-25(23,29)24(28)26-15-16-4-2-1-3-5-16/h1-5,14,19-23,29H,6-13,15H2,(H,26,28)/t19?,20?,21?,22?,23?,25-/m1/s1. The van der Waals surface area contributed by atoms with E-state index in [0.29, 0.717) is 48.8 Å². The third kappa shape index (κ3) is 3.26. The molecule has 0 radical (unpaired) electrons. The number of benzene rings is 1. The molecular formula is C25H31NO3. The number of rotatable bonds is 3. The maximum absolute atomic E-state index is 13.0. The molecular weight excluding hydrogens is 362 g/mol. The molecule has 0 saturated heterocycles. The molecule has 0 aromatic heterocycles. The van der Waals surface area contributed by atoms with Crippen LogP contribution < -0.4 is 5.32 Å². The van der Waals surface area contributed by atoms with E-state index in [4.69, 9.17) is 0 Å². The van der Waals surface area contributed by atoms with Gasteiger partial charge in [0.1, 0.15) is 5.60 Å². The fourth-order valence-electron chi connectivity index (χ4n) is 7.09. The number of fused-ring (bicyclic) bond motifs is 5. The molecule has 5 rings (SSSR count). The second-order valence-electron chi connectivity index (χ2n) is 9.68. The van der Waals surface area contributed by atoms with E-state index in [1.165, 1.54) is 5.57 Å². The van der Waals surface area contributed by atoms with E-state index < -0.39 is 5.60 Å². The van der Waals surface area contributed by atoms with E-state index in [2.05, 4.69) is 5.32 Å². The van der Waals surface area contributed by atoms with Crippen LogP contribution in [0.5, 0.6) is 0 Å². The van der Waals surface area contributed by atoms with Crippen LogP contribution in [0.2, 0.25) is 0 Å². The topological polar surface area (TPSA) is 66.4 Å². The zero-order valence-corrected chi connectivity index (χ0v) is 17.0. The van der Waals surface area contributed by atoms with Crippen molar-refractivity contribution in [3.8, 4) is 0 Å². The van der Waals surface area contributed by atoms with E-state index in [1.807, 2.05) is 36.4 Å². The molecule has 1 amide bonds. The van der Waals surface area contributed by atoms with E-state index in [-0.39, 0.29) is 11.8 Å². The van der Waals surface area contributed by atoms with Crippen LogP contribution in [-0.2, 0) is 16.1 Å². The predicted molar refractivity (Wildman–Crippen MR) is 111 cm³/mol. The average molecular weight is 394 g/mol. The van der Waals surface area contributed by atoms with Crippen molar-refractivity contribution < 1.29 is 14.7 Å². The lowest BCUT2D eigenvalue weighted by Gasteiger charge is -2.50. The van der Waals surface area contributed by atoms with E-state index in [0.717, 1.165) is 44.1 Å². The molecule has 4 aliphatic carbocycles. The van der Waals surface area contributed by atoms with Gasteiger partial charge in [0.05, 0.1) is 0 Å². The summed E-state index contributed by atoms with van der Waals surface area (Å²) in [4.78, 5) is 24.8. The summed E-state index contributed by atoms with van der Waals surface area (Å²) in [7, 11) is 0. The van der Waals surface area contributed by atoms with E-state index in [9.17, 15) is 14.7 Å². The molecule has 4 aliphatic rings. The van der Waals surface area contributed by atoms with Crippen LogP contribution in [0.4, 0.5) is 0 Å². The maximum atomic E-state index is 13.0. The molecule has 1 aromatic rings. The number of hydrogen-bond acceptors (Lipinski definition) is 3. The Hall–Kier alpha value is -1.94. The summed E-state index contributed by atoms with van der Waals surface area (Å²) >= 11 is 0. The third-order valence-electron chi connectivity index (χ3n) is 8.40. The fourth-order valence-corrected chi connectivity index (χ4v) is 7.09. The van der Waals surface area contributed by atoms with Crippen molar-refractivity contribution in [3.05, 3.63) is 47.5 Å². The minimum absolute atomic E-state index is 0.0790. The first-order valence-corrected chi connectivity index (χ1v) is 11.3. The number of amides is 1. The number of nitrogens with one attached hydrogen (secondary N) is 1. The highest BCUT2D eigenvalue weighted by Crippen LogP contribution is 2.59. The van der Waals surface area contributed by atoms with Crippen LogP contribution in [-0.4, -0.2) is 22.4 Å². The molecule has 5 unspecified atom stereocenters. The molecule has 3 saturated carbocycles. The minimum atomic E-state index is -1.22. The molecule has 4 heteroatoms. The van der Waals surface area contributed by atoms with Gasteiger partial charge in [-0.05, 0) is 86.2 Å². The second kappa shape index (κ2) is 7.39. The lowest BCUT2D eigenvalue weighted by molar-refractivity contribution is -0.148. The fraction of sp³-hybridized carbons (Fsp3) is 0.600. The van der Waals surface area contributed by atoms with Crippen molar-refractivity contribution in [2.24, 2.45) is 29.6 Å². The summed E-state index contributed by atoms with van der Waals surface area (Å²) in [6, 6.07) is 9.89. The van der Waals surface area contributed by atoms with Gasteiger partial charge in [0.25, 0.3) is 5.91 Å². The quantitative estimate of drug-likeness (QED) is 0.821. The van der Waals surface area contributed by atoms with Crippen molar-refractivity contribution >= 4 is 11.7 Å². The summed E-state index contributed by atoms with van der Waals surface area (Å²) in [5.41, 5.74) is 1.22. The van der Waals surface area contributed by atoms with Gasteiger partial charge in [-0.1, -0.05) is 35.9 Å². The Kier molecular flexibility index (Phi) is 4.85. The highest BCUT2D eigenvalue weighted by Gasteiger charge is 2.58. The van der Waals surface area contributed by atoms with Crippen molar-refractivity contribution in [2.75, 3.05) is 0 Å². The first-order valence-electron chi connectivity index (χ1n) is 11.3. The number of hydrogen-bond donors (Lipinski definition) is 2. The lowest BCUT2D eigenvalue weighted by atomic mass is 9.55. The first-order chi connectivity index (χ1) is 14.1. The van der Waals surface area contributed by atoms with Crippen LogP contribution >= 0.6 is 0 Å². The van der Waals surface area contributed by atoms with Crippen LogP contribution in [0.3, 0.4) is 0 Å². The highest BCUT2D eigenvalue weighted by atomic mass is 16.3. The van der Waals surface area contributed by atoms with Gasteiger partial charge in [0.2, 0.25) is 0 Å². The Morgan fingerprint density at radius 1 is 1.00 bits per heavy atom. The van der Waals surface area contributed by atoms with Gasteiger partial charge in [-0.25, -0.2) is 0 Å². The van der Waals surface area contributed by atoms with Gasteiger partial charge in [0, 0.05) is 13.0 Å². The second-order valence-corrected chi connectivity index (χ2v) is 9.68. The summed E-state index contributed by atoms with van der Waals surface area (Å²) in [6.07, 6.45) is 9.31. The average Bonchev–Trinajstić information content (AvgIpc) is 3.10. The Morgan fingerprint density at radius 3 is 2.66 bits per heavy atom. The molecule has 3 fully saturated rings. The SMILES string of the molecule is O=C1C=C2CCC3C(CCC4C3CC[C@]4(O)C(=O)NCc3ccccc3)C2CC1. The monoisotopic (exact) mass is 393 g/mol. The van der Waals surface area contributed by atoms with Crippen LogP contribution in [0, 0.1) is 29.6 Å². The van der Waals surface area contributed by atoms with Crippen LogP contribution in [0.1, 0.15) is 56.9 Å². The lowest BCUT2D eigenvalue weighted by Crippen LogP contribution is -2.53. The van der Waals surface area contributed by atoms with Crippen molar-refractivity contribution in [2.45, 2.75) is 63.5 Å². The summed E-state index contributed by atoms with van der Waals surface area (Å²) in [5, 5.41) is 14.4. The minimum Gasteiger partial charge on any atom is -0.380 e. The van der Waals surface area contributed by atoms with E-state index >= 15 is 0 Å². The van der Waals surface area contributed by atoms with Crippen LogP contribution in [0.25, 0.3) is 0 Å². The molecule has 29 heavy (non-hydrogen) atoms. The molecule has 2 N–H and O–H groups in total. The summed E-state index contributed by atoms with van der Waals surface area (Å²) < 4.78 is 0. The van der Waals surface area contributed by atoms with Crippen molar-refractivity contribution in [1.29, 1.82) is 0 Å². The molecule has 154 valence electrons. The number of carbonyl (C=O) groups is 2.